The average Bonchev–Trinajstić information content (AvgIpc) is 1.66. The molecule has 7 aliphatic rings. The summed E-state index contributed by atoms with van der Waals surface area (Å²) >= 11 is 6.09. The molecule has 97 heavy (non-hydrogen) atoms. The molecule has 502 valence electrons. The average molecular weight is 1330 g/mol. The summed E-state index contributed by atoms with van der Waals surface area (Å²) in [4.78, 5) is 6.61. The Balaban J connectivity index is 0.000000120. The third kappa shape index (κ3) is 15.3. The van der Waals surface area contributed by atoms with E-state index in [0.29, 0.717) is 61.2 Å². The Kier molecular flexibility index (Phi) is 20.6. The van der Waals surface area contributed by atoms with Gasteiger partial charge in [-0.25, -0.2) is 13.2 Å². The van der Waals surface area contributed by atoms with Gasteiger partial charge in [-0.1, -0.05) is 115 Å². The minimum atomic E-state index is -0.239. The van der Waals surface area contributed by atoms with Crippen molar-refractivity contribution in [1.29, 1.82) is 0 Å². The topological polar surface area (TPSA) is 109 Å². The molecule has 0 atom stereocenters. The summed E-state index contributed by atoms with van der Waals surface area (Å²) in [7, 11) is 6.01. The summed E-state index contributed by atoms with van der Waals surface area (Å²) in [5, 5.41) is 15.2. The van der Waals surface area contributed by atoms with Crippen LogP contribution in [0.15, 0.2) is 169 Å². The highest BCUT2D eigenvalue weighted by atomic mass is 35.5. The first kappa shape index (κ1) is 67.6. The Labute approximate surface area is 572 Å². The molecule has 0 radical (unpaired) electrons. The van der Waals surface area contributed by atoms with Crippen LogP contribution in [0.4, 0.5) is 13.2 Å². The summed E-state index contributed by atoms with van der Waals surface area (Å²) in [5.74, 6) is -0.624. The molecule has 0 unspecified atom stereocenters. The fourth-order valence-electron chi connectivity index (χ4n) is 13.7. The van der Waals surface area contributed by atoms with Crippen LogP contribution in [-0.2, 0) is 82.4 Å². The molecule has 19 heteroatoms. The quantitative estimate of drug-likeness (QED) is 0.109. The van der Waals surface area contributed by atoms with Gasteiger partial charge in [-0.3, -0.25) is 28.7 Å². The number of hydrogen-bond donors (Lipinski definition) is 0. The molecule has 9 aromatic rings. The number of benzene rings is 6. The van der Waals surface area contributed by atoms with Crippen LogP contribution in [0.2, 0.25) is 5.02 Å². The lowest BCUT2D eigenvalue weighted by Gasteiger charge is -2.32. The standard InChI is InChI=1S/2C24H24FN3O.C19H17ClFN3.C11H19BO3/c2*1-27-15-21-23(16-27)26-28(24(21)20-7-2-3-8-22(20)25)14-17-5-4-6-19(13-17)18-9-11-29-12-10-18;1-23-11-16-18(12-23)22-24(10-13-5-4-6-14(20)9-13)19(16)15-7-2-3-8-17(15)21;1-10(2)11(3,4)15-12(14-10)9-5-7-13-8-6-9/h2*2-9,13H,10-12,14-16H2,1H3;2-9H,10-12H2,1H3;5H,6-8H2,1-4H3. The summed E-state index contributed by atoms with van der Waals surface area (Å²) in [6.45, 7) is 19.2. The van der Waals surface area contributed by atoms with Crippen molar-refractivity contribution in [3.63, 3.8) is 0 Å². The largest absolute Gasteiger partial charge is 0.490 e. The molecule has 3 aromatic heterocycles. The van der Waals surface area contributed by atoms with Crippen molar-refractivity contribution in [3.05, 3.63) is 253 Å². The second kappa shape index (κ2) is 29.6. The van der Waals surface area contributed by atoms with Gasteiger partial charge in [0.05, 0.1) is 105 Å². The van der Waals surface area contributed by atoms with Crippen molar-refractivity contribution in [2.24, 2.45) is 0 Å². The second-order valence-corrected chi connectivity index (χ2v) is 27.5. The smallest absolute Gasteiger partial charge is 0.400 e. The van der Waals surface area contributed by atoms with Crippen LogP contribution < -0.4 is 0 Å². The van der Waals surface area contributed by atoms with Gasteiger partial charge >= 0.3 is 7.12 Å². The van der Waals surface area contributed by atoms with E-state index in [-0.39, 0.29) is 35.8 Å². The molecule has 1 saturated heterocycles. The van der Waals surface area contributed by atoms with E-state index in [9.17, 15) is 13.2 Å². The van der Waals surface area contributed by atoms with Gasteiger partial charge in [-0.15, -0.1) is 0 Å². The first-order chi connectivity index (χ1) is 46.9. The highest BCUT2D eigenvalue weighted by Gasteiger charge is 2.52. The molecule has 0 spiro atoms. The van der Waals surface area contributed by atoms with Gasteiger partial charge in [0.1, 0.15) is 17.5 Å². The summed E-state index contributed by atoms with van der Waals surface area (Å²) in [5.41, 5.74) is 20.3. The molecular formula is C78H84BClF3N9O5. The van der Waals surface area contributed by atoms with Crippen LogP contribution >= 0.6 is 11.6 Å². The molecule has 6 aromatic carbocycles. The van der Waals surface area contributed by atoms with Crippen LogP contribution in [0.5, 0.6) is 0 Å². The van der Waals surface area contributed by atoms with E-state index in [4.69, 9.17) is 50.4 Å². The minimum absolute atomic E-state index is 0.182. The molecule has 14 nitrogen and oxygen atoms in total. The van der Waals surface area contributed by atoms with Crippen LogP contribution in [0, 0.1) is 17.5 Å². The number of aromatic nitrogens is 6. The van der Waals surface area contributed by atoms with Crippen LogP contribution in [0.25, 0.3) is 44.9 Å². The maximum atomic E-state index is 14.7. The summed E-state index contributed by atoms with van der Waals surface area (Å²) < 4.78 is 77.7. The molecular weight excluding hydrogens is 1250 g/mol. The van der Waals surface area contributed by atoms with E-state index in [2.05, 4.69) is 123 Å². The fourth-order valence-corrected chi connectivity index (χ4v) is 13.9. The van der Waals surface area contributed by atoms with Gasteiger partial charge < -0.3 is 23.5 Å². The predicted octanol–water partition coefficient (Wildman–Crippen LogP) is 15.3. The Bertz CT molecular complexity index is 4230. The van der Waals surface area contributed by atoms with Gasteiger partial charge in [0.2, 0.25) is 0 Å². The van der Waals surface area contributed by atoms with Gasteiger partial charge in [-0.2, -0.15) is 15.3 Å². The molecule has 0 saturated carbocycles. The monoisotopic (exact) mass is 1330 g/mol. The third-order valence-corrected chi connectivity index (χ3v) is 19.5. The van der Waals surface area contributed by atoms with E-state index in [1.807, 2.05) is 81.8 Å². The molecule has 0 aliphatic carbocycles. The van der Waals surface area contributed by atoms with Crippen molar-refractivity contribution in [2.45, 2.75) is 117 Å². The van der Waals surface area contributed by atoms with E-state index in [1.54, 1.807) is 18.2 Å². The minimum Gasteiger partial charge on any atom is -0.400 e. The van der Waals surface area contributed by atoms with Gasteiger partial charge in [0.15, 0.2) is 0 Å². The molecule has 0 bridgehead atoms. The van der Waals surface area contributed by atoms with Crippen molar-refractivity contribution >= 4 is 29.9 Å². The number of ether oxygens (including phenoxy) is 3. The molecule has 0 N–H and O–H groups in total. The van der Waals surface area contributed by atoms with Crippen molar-refractivity contribution in [2.75, 3.05) is 60.8 Å². The number of hydrogen-bond acceptors (Lipinski definition) is 11. The zero-order valence-corrected chi connectivity index (χ0v) is 57.2. The normalized spacial score (nSPS) is 18.0. The highest BCUT2D eigenvalue weighted by molar-refractivity contribution is 6.54. The van der Waals surface area contributed by atoms with Gasteiger partial charge in [-0.05, 0) is 173 Å². The SMILES string of the molecule is CC1(C)OB(C2=CCOCC2)OC1(C)C.CN1Cc2nn(Cc3cccc(C4=CCOCC4)c3)c(-c3ccccc3F)c2C1.CN1Cc2nn(Cc3cccc(C4=CCOCC4)c3)c(-c3ccccc3F)c2C1.CN1Cc2nn(Cc3cccc(Cl)c3)c(-c3ccccc3F)c2C1. The number of fused-ring (bicyclic) bond motifs is 3. The van der Waals surface area contributed by atoms with Gasteiger partial charge in [0, 0.05) is 77.7 Å². The maximum absolute atomic E-state index is 14.7. The number of halogens is 4. The Morgan fingerprint density at radius 1 is 0.433 bits per heavy atom. The van der Waals surface area contributed by atoms with Crippen molar-refractivity contribution in [1.82, 2.24) is 44.0 Å². The predicted molar refractivity (Wildman–Crippen MR) is 376 cm³/mol. The van der Waals surface area contributed by atoms with Crippen molar-refractivity contribution in [3.8, 4) is 33.8 Å². The lowest BCUT2D eigenvalue weighted by atomic mass is 9.75. The van der Waals surface area contributed by atoms with E-state index in [1.165, 1.54) is 57.1 Å². The summed E-state index contributed by atoms with van der Waals surface area (Å²) in [6.07, 6.45) is 9.18. The Morgan fingerprint density at radius 2 is 0.794 bits per heavy atom. The zero-order chi connectivity index (χ0) is 67.4. The molecule has 7 aliphatic heterocycles. The van der Waals surface area contributed by atoms with Crippen LogP contribution in [-0.4, -0.2) is 123 Å². The van der Waals surface area contributed by atoms with Crippen LogP contribution in [0.1, 0.15) is 109 Å². The van der Waals surface area contributed by atoms with Gasteiger partial charge in [0.25, 0.3) is 0 Å². The van der Waals surface area contributed by atoms with E-state index >= 15 is 0 Å². The lowest BCUT2D eigenvalue weighted by Crippen LogP contribution is -2.41. The second-order valence-electron chi connectivity index (χ2n) is 27.1. The molecule has 0 amide bonds. The van der Waals surface area contributed by atoms with Crippen LogP contribution in [0.3, 0.4) is 0 Å². The third-order valence-electron chi connectivity index (χ3n) is 19.3. The first-order valence-corrected chi connectivity index (χ1v) is 33.9. The number of nitrogens with zero attached hydrogens (tertiary/aromatic N) is 9. The fraction of sp³-hybridized carbons (Fsp3) is 0.346. The molecule has 1 fully saturated rings. The Morgan fingerprint density at radius 3 is 1.14 bits per heavy atom. The lowest BCUT2D eigenvalue weighted by molar-refractivity contribution is 0.00578. The van der Waals surface area contributed by atoms with E-state index < -0.39 is 0 Å². The molecule has 16 rings (SSSR count). The number of rotatable bonds is 12. The highest BCUT2D eigenvalue weighted by Crippen LogP contribution is 2.41. The Hall–Kier alpha value is -8.01. The van der Waals surface area contributed by atoms with E-state index in [0.717, 1.165) is 135 Å². The maximum Gasteiger partial charge on any atom is 0.490 e. The van der Waals surface area contributed by atoms with Crippen molar-refractivity contribution < 1.29 is 36.7 Å². The summed E-state index contributed by atoms with van der Waals surface area (Å²) in [6, 6.07) is 45.8. The zero-order valence-electron chi connectivity index (χ0n) is 56.5. The molecule has 10 heterocycles. The first-order valence-electron chi connectivity index (χ1n) is 33.6.